The second-order valence-electron chi connectivity index (χ2n) is 3.08. The van der Waals surface area contributed by atoms with Gasteiger partial charge in [0.05, 0.1) is 0 Å². The van der Waals surface area contributed by atoms with Crippen molar-refractivity contribution in [3.05, 3.63) is 35.7 Å². The molecule has 0 aliphatic carbocycles. The van der Waals surface area contributed by atoms with E-state index in [2.05, 4.69) is 15.2 Å². The lowest BCUT2D eigenvalue weighted by molar-refractivity contribution is 1.09. The molecule has 0 bridgehead atoms. The monoisotopic (exact) mass is 201 g/mol. The van der Waals surface area contributed by atoms with Crippen molar-refractivity contribution in [3.8, 4) is 0 Å². The van der Waals surface area contributed by atoms with Crippen LogP contribution in [0.5, 0.6) is 0 Å². The number of hydrogen-bond acceptors (Lipinski definition) is 4. The summed E-state index contributed by atoms with van der Waals surface area (Å²) in [6.07, 6.45) is 3.68. The Kier molecular flexibility index (Phi) is 2.37. The summed E-state index contributed by atoms with van der Waals surface area (Å²) >= 11 is 0. The van der Waals surface area contributed by atoms with Gasteiger partial charge in [0.1, 0.15) is 5.82 Å². The fourth-order valence-electron chi connectivity index (χ4n) is 1.20. The Bertz CT molecular complexity index is 486. The molecule has 5 heteroatoms. The second-order valence-corrected chi connectivity index (χ2v) is 3.08. The van der Waals surface area contributed by atoms with Crippen LogP contribution in [0.4, 0.5) is 11.6 Å². The molecular formula is C10H11N5. The van der Waals surface area contributed by atoms with Crippen molar-refractivity contribution in [3.63, 3.8) is 0 Å². The van der Waals surface area contributed by atoms with Crippen LogP contribution >= 0.6 is 0 Å². The molecular weight excluding hydrogens is 190 g/mol. The number of aromatic amines is 1. The number of nitrogen functional groups attached to an aromatic ring is 2. The molecule has 0 amide bonds. The van der Waals surface area contributed by atoms with Gasteiger partial charge in [0, 0.05) is 5.69 Å². The molecule has 1 aromatic carbocycles. The SMILES string of the molecule is Nc1cccc(/C=C/c2nc(N)n[nH]2)c1. The number of nitrogens with one attached hydrogen (secondary N) is 1. The Morgan fingerprint density at radius 2 is 2.07 bits per heavy atom. The zero-order valence-corrected chi connectivity index (χ0v) is 8.01. The molecule has 1 heterocycles. The molecule has 0 unspecified atom stereocenters. The first-order valence-corrected chi connectivity index (χ1v) is 4.45. The van der Waals surface area contributed by atoms with E-state index in [1.54, 1.807) is 6.08 Å². The number of benzene rings is 1. The van der Waals surface area contributed by atoms with Crippen LogP contribution in [0.3, 0.4) is 0 Å². The molecule has 0 saturated carbocycles. The number of rotatable bonds is 2. The molecule has 0 fully saturated rings. The second kappa shape index (κ2) is 3.83. The Balaban J connectivity index is 2.18. The maximum absolute atomic E-state index is 5.64. The lowest BCUT2D eigenvalue weighted by Crippen LogP contribution is -1.85. The summed E-state index contributed by atoms with van der Waals surface area (Å²) in [7, 11) is 0. The molecule has 15 heavy (non-hydrogen) atoms. The van der Waals surface area contributed by atoms with Crippen LogP contribution in [-0.2, 0) is 0 Å². The van der Waals surface area contributed by atoms with E-state index < -0.39 is 0 Å². The minimum atomic E-state index is 0.238. The van der Waals surface area contributed by atoms with Gasteiger partial charge < -0.3 is 11.5 Å². The summed E-state index contributed by atoms with van der Waals surface area (Å²) in [5, 5.41) is 6.40. The number of nitrogens with zero attached hydrogens (tertiary/aromatic N) is 2. The third kappa shape index (κ3) is 2.34. The predicted octanol–water partition coefficient (Wildman–Crippen LogP) is 1.14. The predicted molar refractivity (Wildman–Crippen MR) is 60.6 cm³/mol. The first-order chi connectivity index (χ1) is 7.24. The molecule has 0 spiro atoms. The van der Waals surface area contributed by atoms with Gasteiger partial charge in [-0.05, 0) is 23.8 Å². The van der Waals surface area contributed by atoms with Crippen molar-refractivity contribution in [1.82, 2.24) is 15.2 Å². The van der Waals surface area contributed by atoms with Crippen LogP contribution in [0.1, 0.15) is 11.4 Å². The molecule has 5 N–H and O–H groups in total. The van der Waals surface area contributed by atoms with Gasteiger partial charge in [0.25, 0.3) is 0 Å². The number of hydrogen-bond donors (Lipinski definition) is 3. The van der Waals surface area contributed by atoms with Crippen molar-refractivity contribution in [2.45, 2.75) is 0 Å². The average Bonchev–Trinajstić information content (AvgIpc) is 2.62. The standard InChI is InChI=1S/C10H11N5/c11-8-3-1-2-7(6-8)4-5-9-13-10(12)15-14-9/h1-6H,11H2,(H3,12,13,14,15)/b5-4+. The summed E-state index contributed by atoms with van der Waals surface area (Å²) in [5.74, 6) is 0.858. The molecule has 0 saturated heterocycles. The van der Waals surface area contributed by atoms with Gasteiger partial charge in [-0.15, -0.1) is 5.10 Å². The Hall–Kier alpha value is -2.30. The van der Waals surface area contributed by atoms with Gasteiger partial charge in [0.2, 0.25) is 5.95 Å². The summed E-state index contributed by atoms with van der Waals surface area (Å²) in [5.41, 5.74) is 12.7. The van der Waals surface area contributed by atoms with E-state index in [-0.39, 0.29) is 5.95 Å². The summed E-state index contributed by atoms with van der Waals surface area (Å²) in [6, 6.07) is 7.55. The maximum Gasteiger partial charge on any atom is 0.239 e. The van der Waals surface area contributed by atoms with Gasteiger partial charge in [-0.2, -0.15) is 4.98 Å². The molecule has 2 rings (SSSR count). The number of nitrogens with two attached hydrogens (primary N) is 2. The summed E-state index contributed by atoms with van der Waals surface area (Å²) < 4.78 is 0. The van der Waals surface area contributed by atoms with Gasteiger partial charge in [0.15, 0.2) is 0 Å². The number of anilines is 2. The fraction of sp³-hybridized carbons (Fsp3) is 0. The highest BCUT2D eigenvalue weighted by atomic mass is 15.3. The molecule has 5 nitrogen and oxygen atoms in total. The van der Waals surface area contributed by atoms with Crippen LogP contribution in [0.2, 0.25) is 0 Å². The van der Waals surface area contributed by atoms with Gasteiger partial charge in [-0.3, -0.25) is 5.10 Å². The van der Waals surface area contributed by atoms with Crippen LogP contribution < -0.4 is 11.5 Å². The van der Waals surface area contributed by atoms with Crippen LogP contribution in [0.15, 0.2) is 24.3 Å². The Morgan fingerprint density at radius 1 is 1.20 bits per heavy atom. The normalized spacial score (nSPS) is 10.9. The highest BCUT2D eigenvalue weighted by Gasteiger charge is 1.93. The zero-order chi connectivity index (χ0) is 10.7. The minimum absolute atomic E-state index is 0.238. The van der Waals surface area contributed by atoms with Crippen molar-refractivity contribution in [2.75, 3.05) is 11.5 Å². The van der Waals surface area contributed by atoms with E-state index in [0.29, 0.717) is 5.82 Å². The van der Waals surface area contributed by atoms with Crippen molar-refractivity contribution in [1.29, 1.82) is 0 Å². The molecule has 0 aliphatic rings. The lowest BCUT2D eigenvalue weighted by atomic mass is 10.2. The molecule has 2 aromatic rings. The van der Waals surface area contributed by atoms with Crippen LogP contribution in [0, 0.1) is 0 Å². The summed E-state index contributed by atoms with van der Waals surface area (Å²) in [4.78, 5) is 3.94. The van der Waals surface area contributed by atoms with E-state index >= 15 is 0 Å². The average molecular weight is 201 g/mol. The largest absolute Gasteiger partial charge is 0.399 e. The van der Waals surface area contributed by atoms with Gasteiger partial charge in [-0.25, -0.2) is 0 Å². The fourth-order valence-corrected chi connectivity index (χ4v) is 1.20. The van der Waals surface area contributed by atoms with Gasteiger partial charge >= 0.3 is 0 Å². The van der Waals surface area contributed by atoms with Crippen molar-refractivity contribution < 1.29 is 0 Å². The topological polar surface area (TPSA) is 93.6 Å². The van der Waals surface area contributed by atoms with E-state index in [1.807, 2.05) is 30.3 Å². The molecule has 1 aromatic heterocycles. The quantitative estimate of drug-likeness (QED) is 0.635. The highest BCUT2D eigenvalue weighted by molar-refractivity contribution is 5.68. The van der Waals surface area contributed by atoms with Crippen molar-refractivity contribution in [2.24, 2.45) is 0 Å². The number of H-pyrrole nitrogens is 1. The lowest BCUT2D eigenvalue weighted by Gasteiger charge is -1.94. The van der Waals surface area contributed by atoms with E-state index in [0.717, 1.165) is 11.3 Å². The maximum atomic E-state index is 5.64. The van der Waals surface area contributed by atoms with E-state index in [1.165, 1.54) is 0 Å². The minimum Gasteiger partial charge on any atom is -0.399 e. The zero-order valence-electron chi connectivity index (χ0n) is 8.01. The third-order valence-electron chi connectivity index (χ3n) is 1.86. The Labute approximate surface area is 86.8 Å². The molecule has 0 aliphatic heterocycles. The van der Waals surface area contributed by atoms with E-state index in [4.69, 9.17) is 11.5 Å². The molecule has 0 radical (unpaired) electrons. The summed E-state index contributed by atoms with van der Waals surface area (Å²) in [6.45, 7) is 0. The first-order valence-electron chi connectivity index (χ1n) is 4.45. The van der Waals surface area contributed by atoms with Crippen LogP contribution in [0.25, 0.3) is 12.2 Å². The molecule has 76 valence electrons. The van der Waals surface area contributed by atoms with E-state index in [9.17, 15) is 0 Å². The smallest absolute Gasteiger partial charge is 0.239 e. The Morgan fingerprint density at radius 3 is 2.73 bits per heavy atom. The van der Waals surface area contributed by atoms with Gasteiger partial charge in [-0.1, -0.05) is 18.2 Å². The number of aromatic nitrogens is 3. The van der Waals surface area contributed by atoms with Crippen molar-refractivity contribution >= 4 is 23.8 Å². The highest BCUT2D eigenvalue weighted by Crippen LogP contribution is 2.09. The molecule has 0 atom stereocenters. The first kappa shape index (κ1) is 9.26. The third-order valence-corrected chi connectivity index (χ3v) is 1.86. The van der Waals surface area contributed by atoms with Crippen LogP contribution in [-0.4, -0.2) is 15.2 Å².